The highest BCUT2D eigenvalue weighted by atomic mass is 127. The second-order valence-electron chi connectivity index (χ2n) is 5.87. The molecule has 8 heteroatoms. The van der Waals surface area contributed by atoms with Gasteiger partial charge in [0.05, 0.1) is 6.10 Å². The van der Waals surface area contributed by atoms with Gasteiger partial charge in [0.15, 0.2) is 11.8 Å². The molecule has 0 saturated heterocycles. The van der Waals surface area contributed by atoms with Crippen molar-refractivity contribution in [1.29, 1.82) is 0 Å². The van der Waals surface area contributed by atoms with Crippen LogP contribution < -0.4 is 10.6 Å². The Bertz CT molecular complexity index is 489. The molecule has 0 aliphatic carbocycles. The first-order valence-electron chi connectivity index (χ1n) is 8.48. The first-order chi connectivity index (χ1) is 11.0. The number of hydrogen-bond acceptors (Lipinski definition) is 4. The summed E-state index contributed by atoms with van der Waals surface area (Å²) in [5.74, 6) is 3.06. The van der Waals surface area contributed by atoms with Crippen molar-refractivity contribution in [3.63, 3.8) is 0 Å². The Morgan fingerprint density at radius 1 is 1.25 bits per heavy atom. The van der Waals surface area contributed by atoms with Crippen LogP contribution in [0.1, 0.15) is 45.8 Å². The van der Waals surface area contributed by atoms with Crippen molar-refractivity contribution in [3.8, 4) is 0 Å². The number of ether oxygens (including phenoxy) is 1. The van der Waals surface area contributed by atoms with Crippen LogP contribution in [0.5, 0.6) is 0 Å². The molecule has 0 aliphatic heterocycles. The van der Waals surface area contributed by atoms with Crippen molar-refractivity contribution in [1.82, 2.24) is 25.4 Å². The molecule has 1 heterocycles. The molecule has 0 saturated carbocycles. The summed E-state index contributed by atoms with van der Waals surface area (Å²) in [6.07, 6.45) is 1.23. The van der Waals surface area contributed by atoms with Gasteiger partial charge in [-0.2, -0.15) is 0 Å². The normalized spacial score (nSPS) is 12.9. The highest BCUT2D eigenvalue weighted by molar-refractivity contribution is 14.0. The lowest BCUT2D eigenvalue weighted by Crippen LogP contribution is -2.39. The second-order valence-corrected chi connectivity index (χ2v) is 5.87. The van der Waals surface area contributed by atoms with E-state index >= 15 is 0 Å². The van der Waals surface area contributed by atoms with Crippen LogP contribution in [0.25, 0.3) is 0 Å². The van der Waals surface area contributed by atoms with E-state index < -0.39 is 0 Å². The summed E-state index contributed by atoms with van der Waals surface area (Å²) in [6.45, 7) is 13.3. The fraction of sp³-hybridized carbons (Fsp3) is 0.812. The quantitative estimate of drug-likeness (QED) is 0.342. The van der Waals surface area contributed by atoms with Gasteiger partial charge >= 0.3 is 0 Å². The number of aromatic nitrogens is 3. The van der Waals surface area contributed by atoms with Crippen LogP contribution in [-0.2, 0) is 18.3 Å². The number of nitrogens with zero attached hydrogens (tertiary/aromatic N) is 4. The number of nitrogens with one attached hydrogen (secondary N) is 2. The number of guanidine groups is 1. The van der Waals surface area contributed by atoms with Crippen molar-refractivity contribution < 1.29 is 4.74 Å². The van der Waals surface area contributed by atoms with E-state index in [4.69, 9.17) is 4.74 Å². The van der Waals surface area contributed by atoms with Crippen LogP contribution in [-0.4, -0.2) is 46.5 Å². The van der Waals surface area contributed by atoms with Crippen molar-refractivity contribution >= 4 is 29.9 Å². The van der Waals surface area contributed by atoms with Gasteiger partial charge < -0.3 is 19.9 Å². The molecule has 1 rings (SSSR count). The lowest BCUT2D eigenvalue weighted by Gasteiger charge is -2.21. The molecule has 0 fully saturated rings. The summed E-state index contributed by atoms with van der Waals surface area (Å²) in [7, 11) is 1.95. The van der Waals surface area contributed by atoms with Crippen molar-refractivity contribution in [2.24, 2.45) is 18.0 Å². The minimum Gasteiger partial charge on any atom is -0.378 e. The summed E-state index contributed by atoms with van der Waals surface area (Å²) in [6, 6.07) is 0. The summed E-state index contributed by atoms with van der Waals surface area (Å²) >= 11 is 0. The Labute approximate surface area is 163 Å². The summed E-state index contributed by atoms with van der Waals surface area (Å²) in [4.78, 5) is 4.58. The van der Waals surface area contributed by atoms with E-state index in [1.807, 2.05) is 25.5 Å². The van der Waals surface area contributed by atoms with Crippen LogP contribution >= 0.6 is 24.0 Å². The van der Waals surface area contributed by atoms with Crippen LogP contribution in [0.15, 0.2) is 4.99 Å². The summed E-state index contributed by atoms with van der Waals surface area (Å²) in [5.41, 5.74) is 0. The third-order valence-corrected chi connectivity index (χ3v) is 3.75. The topological polar surface area (TPSA) is 76.4 Å². The highest BCUT2D eigenvalue weighted by Crippen LogP contribution is 2.09. The molecule has 7 nitrogen and oxygen atoms in total. The van der Waals surface area contributed by atoms with Crippen LogP contribution in [0.4, 0.5) is 0 Å². The third kappa shape index (κ3) is 7.78. The average Bonchev–Trinajstić information content (AvgIpc) is 2.83. The fourth-order valence-electron chi connectivity index (χ4n) is 2.24. The maximum Gasteiger partial charge on any atom is 0.191 e. The van der Waals surface area contributed by atoms with Gasteiger partial charge in [-0.25, -0.2) is 4.99 Å². The molecule has 1 aromatic heterocycles. The largest absolute Gasteiger partial charge is 0.378 e. The Balaban J connectivity index is 0.00000529. The number of rotatable bonds is 9. The highest BCUT2D eigenvalue weighted by Gasteiger charge is 2.13. The molecule has 0 aromatic carbocycles. The Morgan fingerprint density at radius 2 is 1.96 bits per heavy atom. The molecule has 1 atom stereocenters. The van der Waals surface area contributed by atoms with Gasteiger partial charge in [-0.15, -0.1) is 34.2 Å². The molecule has 0 amide bonds. The van der Waals surface area contributed by atoms with E-state index in [1.165, 1.54) is 0 Å². The fourth-order valence-corrected chi connectivity index (χ4v) is 2.24. The van der Waals surface area contributed by atoms with E-state index in [0.717, 1.165) is 43.7 Å². The monoisotopic (exact) mass is 452 g/mol. The number of halogens is 1. The van der Waals surface area contributed by atoms with E-state index in [9.17, 15) is 0 Å². The molecule has 24 heavy (non-hydrogen) atoms. The van der Waals surface area contributed by atoms with E-state index in [2.05, 4.69) is 46.6 Å². The minimum atomic E-state index is 0. The number of aryl methyl sites for hydroxylation is 1. The molecule has 0 aliphatic rings. The molecule has 0 spiro atoms. The van der Waals surface area contributed by atoms with Gasteiger partial charge in [0.25, 0.3) is 0 Å². The zero-order valence-electron chi connectivity index (χ0n) is 15.8. The number of hydrogen-bond donors (Lipinski definition) is 2. The third-order valence-electron chi connectivity index (χ3n) is 3.75. The van der Waals surface area contributed by atoms with E-state index in [-0.39, 0.29) is 30.1 Å². The molecule has 140 valence electrons. The van der Waals surface area contributed by atoms with Gasteiger partial charge in [-0.3, -0.25) is 0 Å². The maximum atomic E-state index is 5.77. The first-order valence-corrected chi connectivity index (χ1v) is 8.48. The Kier molecular flexibility index (Phi) is 12.0. The Morgan fingerprint density at radius 3 is 2.46 bits per heavy atom. The van der Waals surface area contributed by atoms with Crippen molar-refractivity contribution in [2.75, 3.05) is 19.7 Å². The van der Waals surface area contributed by atoms with E-state index in [0.29, 0.717) is 12.5 Å². The lowest BCUT2D eigenvalue weighted by molar-refractivity contribution is 0.0258. The van der Waals surface area contributed by atoms with Gasteiger partial charge in [0.1, 0.15) is 12.4 Å². The first kappa shape index (κ1) is 23.1. The van der Waals surface area contributed by atoms with Crippen LogP contribution in [0.2, 0.25) is 0 Å². The smallest absolute Gasteiger partial charge is 0.191 e. The predicted octanol–water partition coefficient (Wildman–Crippen LogP) is 2.25. The molecular formula is C16H33IN6O. The summed E-state index contributed by atoms with van der Waals surface area (Å²) < 4.78 is 7.73. The standard InChI is InChI=1S/C16H32N6O.HI/c1-7-17-16(18-10-9-14(12(3)4)23-8-2)19-11-15-21-20-13(5)22(15)6;/h12,14H,7-11H2,1-6H3,(H2,17,18,19);1H. The zero-order valence-corrected chi connectivity index (χ0v) is 18.1. The van der Waals surface area contributed by atoms with Gasteiger partial charge in [-0.1, -0.05) is 13.8 Å². The molecule has 1 unspecified atom stereocenters. The van der Waals surface area contributed by atoms with Crippen LogP contribution in [0.3, 0.4) is 0 Å². The van der Waals surface area contributed by atoms with Gasteiger partial charge in [0.2, 0.25) is 0 Å². The second kappa shape index (κ2) is 12.5. The minimum absolute atomic E-state index is 0. The van der Waals surface area contributed by atoms with Crippen LogP contribution in [0, 0.1) is 12.8 Å². The SMILES string of the molecule is CCNC(=NCc1nnc(C)n1C)NCCC(OCC)C(C)C.I. The van der Waals surface area contributed by atoms with Crippen molar-refractivity contribution in [2.45, 2.75) is 53.7 Å². The molecule has 1 aromatic rings. The molecule has 2 N–H and O–H groups in total. The van der Waals surface area contributed by atoms with Gasteiger partial charge in [-0.05, 0) is 33.1 Å². The van der Waals surface area contributed by atoms with Crippen molar-refractivity contribution in [3.05, 3.63) is 11.6 Å². The lowest BCUT2D eigenvalue weighted by atomic mass is 10.0. The van der Waals surface area contributed by atoms with E-state index in [1.54, 1.807) is 0 Å². The maximum absolute atomic E-state index is 5.77. The zero-order chi connectivity index (χ0) is 17.2. The average molecular weight is 452 g/mol. The predicted molar refractivity (Wildman–Crippen MR) is 109 cm³/mol. The van der Waals surface area contributed by atoms with Gasteiger partial charge in [0, 0.05) is 26.7 Å². The molecule has 0 bridgehead atoms. The summed E-state index contributed by atoms with van der Waals surface area (Å²) in [5, 5.41) is 14.8. The Hall–Kier alpha value is -0.900. The molecule has 0 radical (unpaired) electrons. The number of aliphatic imine (C=N–C) groups is 1. The molecular weight excluding hydrogens is 419 g/mol.